The van der Waals surface area contributed by atoms with Gasteiger partial charge in [0.1, 0.15) is 7.14 Å². The van der Waals surface area contributed by atoms with E-state index in [2.05, 4.69) is 35.7 Å². The molecule has 1 unspecified atom stereocenters. The van der Waals surface area contributed by atoms with Gasteiger partial charge in [-0.15, -0.1) is 6.58 Å². The van der Waals surface area contributed by atoms with Gasteiger partial charge in [-0.05, 0) is 11.6 Å². The van der Waals surface area contributed by atoms with Crippen molar-refractivity contribution in [3.05, 3.63) is 103 Å². The Morgan fingerprint density at radius 1 is 0.889 bits per heavy atom. The average Bonchev–Trinajstić information content (AvgIpc) is 3.07. The molecule has 0 bridgehead atoms. The molecule has 1 aliphatic heterocycles. The largest absolute Gasteiger partial charge is 0.367 e. The summed E-state index contributed by atoms with van der Waals surface area (Å²) in [5.74, 6) is 0.243. The van der Waals surface area contributed by atoms with Crippen LogP contribution in [0.3, 0.4) is 0 Å². The Balaban J connectivity index is 1.76. The lowest BCUT2D eigenvalue weighted by molar-refractivity contribution is 0.582. The van der Waals surface area contributed by atoms with Crippen LogP contribution in [0.4, 0.5) is 5.69 Å². The fraction of sp³-hybridized carbons (Fsp3) is 0.167. The summed E-state index contributed by atoms with van der Waals surface area (Å²) in [6.07, 6.45) is 2.58. The summed E-state index contributed by atoms with van der Waals surface area (Å²) >= 11 is 0. The van der Waals surface area contributed by atoms with Gasteiger partial charge in [0.05, 0.1) is 0 Å². The molecule has 0 saturated carbocycles. The summed E-state index contributed by atoms with van der Waals surface area (Å²) in [6, 6.07) is 28.4. The molecule has 0 N–H and O–H groups in total. The lowest BCUT2D eigenvalue weighted by Gasteiger charge is -2.24. The van der Waals surface area contributed by atoms with Crippen molar-refractivity contribution in [2.24, 2.45) is 0 Å². The molecule has 0 radical (unpaired) electrons. The van der Waals surface area contributed by atoms with Crippen LogP contribution in [0.2, 0.25) is 0 Å². The minimum Gasteiger partial charge on any atom is -0.367 e. The Hall–Kier alpha value is -2.57. The molecule has 27 heavy (non-hydrogen) atoms. The van der Waals surface area contributed by atoms with Crippen molar-refractivity contribution in [3.8, 4) is 0 Å². The number of rotatable bonds is 6. The second kappa shape index (κ2) is 7.58. The van der Waals surface area contributed by atoms with Crippen LogP contribution < -0.4 is 15.5 Å². The van der Waals surface area contributed by atoms with Crippen molar-refractivity contribution in [2.45, 2.75) is 5.92 Å². The summed E-state index contributed by atoms with van der Waals surface area (Å²) in [7, 11) is -2.73. The van der Waals surface area contributed by atoms with E-state index in [9.17, 15) is 4.57 Å². The van der Waals surface area contributed by atoms with Gasteiger partial charge in [-0.3, -0.25) is 0 Å². The standard InChI is InChI=1S/C24H24NOP/c1-2-17-25-18-20(23-15-9-10-16-24(23)25)19-27(26,21-11-5-3-6-12-21)22-13-7-4-8-14-22/h2-16,20H,1,17-19H2. The number of fused-ring (bicyclic) bond motifs is 1. The zero-order chi connectivity index (χ0) is 18.7. The maximum Gasteiger partial charge on any atom is 0.143 e. The summed E-state index contributed by atoms with van der Waals surface area (Å²) < 4.78 is 14.4. The van der Waals surface area contributed by atoms with E-state index in [1.54, 1.807) is 0 Å². The minimum absolute atomic E-state index is 0.243. The van der Waals surface area contributed by atoms with Crippen LogP contribution in [0.25, 0.3) is 0 Å². The first kappa shape index (κ1) is 17.8. The third kappa shape index (κ3) is 3.38. The molecule has 3 aromatic rings. The predicted octanol–water partition coefficient (Wildman–Crippen LogP) is 4.79. The van der Waals surface area contributed by atoms with Gasteiger partial charge in [0.25, 0.3) is 0 Å². The molecule has 136 valence electrons. The Kier molecular flexibility index (Phi) is 5.01. The fourth-order valence-electron chi connectivity index (χ4n) is 4.08. The zero-order valence-corrected chi connectivity index (χ0v) is 16.3. The highest BCUT2D eigenvalue weighted by molar-refractivity contribution is 7.78. The highest BCUT2D eigenvalue weighted by Crippen LogP contribution is 2.50. The van der Waals surface area contributed by atoms with Crippen molar-refractivity contribution in [1.82, 2.24) is 0 Å². The first-order chi connectivity index (χ1) is 13.2. The molecule has 0 saturated heterocycles. The second-order valence-electron chi connectivity index (χ2n) is 7.04. The summed E-state index contributed by atoms with van der Waals surface area (Å²) in [5, 5.41) is 1.88. The van der Waals surface area contributed by atoms with Crippen molar-refractivity contribution in [1.29, 1.82) is 0 Å². The van der Waals surface area contributed by atoms with E-state index in [1.807, 2.05) is 66.7 Å². The average molecular weight is 373 g/mol. The first-order valence-corrected chi connectivity index (χ1v) is 11.3. The SMILES string of the molecule is C=CCN1CC(CP(=O)(c2ccccc2)c2ccccc2)c2ccccc21. The molecule has 3 heteroatoms. The monoisotopic (exact) mass is 373 g/mol. The van der Waals surface area contributed by atoms with Crippen LogP contribution in [-0.4, -0.2) is 19.3 Å². The van der Waals surface area contributed by atoms with Crippen LogP contribution in [0.1, 0.15) is 11.5 Å². The maximum atomic E-state index is 14.4. The normalized spacial score (nSPS) is 16.1. The number of anilines is 1. The number of benzene rings is 3. The van der Waals surface area contributed by atoms with Crippen LogP contribution in [0.15, 0.2) is 97.6 Å². The van der Waals surface area contributed by atoms with Crippen LogP contribution in [-0.2, 0) is 4.57 Å². The van der Waals surface area contributed by atoms with Crippen molar-refractivity contribution >= 4 is 23.4 Å². The van der Waals surface area contributed by atoms with Gasteiger partial charge in [0, 0.05) is 41.5 Å². The van der Waals surface area contributed by atoms with Gasteiger partial charge in [0.2, 0.25) is 0 Å². The van der Waals surface area contributed by atoms with Crippen molar-refractivity contribution in [3.63, 3.8) is 0 Å². The summed E-state index contributed by atoms with van der Waals surface area (Å²) in [5.41, 5.74) is 2.54. The molecule has 0 amide bonds. The number of nitrogens with zero attached hydrogens (tertiary/aromatic N) is 1. The first-order valence-electron chi connectivity index (χ1n) is 9.37. The molecule has 3 aromatic carbocycles. The van der Waals surface area contributed by atoms with Gasteiger partial charge in [-0.25, -0.2) is 0 Å². The van der Waals surface area contributed by atoms with E-state index in [1.165, 1.54) is 11.3 Å². The Labute approximate surface area is 161 Å². The van der Waals surface area contributed by atoms with Gasteiger partial charge in [-0.2, -0.15) is 0 Å². The van der Waals surface area contributed by atoms with Gasteiger partial charge < -0.3 is 9.46 Å². The zero-order valence-electron chi connectivity index (χ0n) is 15.4. The molecule has 1 aliphatic rings. The van der Waals surface area contributed by atoms with Gasteiger partial charge >= 0.3 is 0 Å². The van der Waals surface area contributed by atoms with E-state index < -0.39 is 7.14 Å². The Bertz CT molecular complexity index is 924. The second-order valence-corrected chi connectivity index (χ2v) is 9.92. The number of hydrogen-bond donors (Lipinski definition) is 0. The van der Waals surface area contributed by atoms with Crippen LogP contribution >= 0.6 is 7.14 Å². The number of para-hydroxylation sites is 1. The van der Waals surface area contributed by atoms with E-state index in [-0.39, 0.29) is 5.92 Å². The topological polar surface area (TPSA) is 20.3 Å². The smallest absolute Gasteiger partial charge is 0.143 e. The molecule has 2 nitrogen and oxygen atoms in total. The molecule has 0 aliphatic carbocycles. The van der Waals surface area contributed by atoms with Crippen LogP contribution in [0, 0.1) is 0 Å². The van der Waals surface area contributed by atoms with Crippen LogP contribution in [0.5, 0.6) is 0 Å². The maximum absolute atomic E-state index is 14.4. The fourth-order valence-corrected chi connectivity index (χ4v) is 7.04. The van der Waals surface area contributed by atoms with E-state index in [4.69, 9.17) is 0 Å². The lowest BCUT2D eigenvalue weighted by atomic mass is 10.0. The molecule has 1 heterocycles. The predicted molar refractivity (Wildman–Crippen MR) is 116 cm³/mol. The molecule has 0 fully saturated rings. The molecule has 0 spiro atoms. The van der Waals surface area contributed by atoms with E-state index in [0.29, 0.717) is 6.16 Å². The highest BCUT2D eigenvalue weighted by Gasteiger charge is 2.36. The Morgan fingerprint density at radius 3 is 2.04 bits per heavy atom. The van der Waals surface area contributed by atoms with Crippen molar-refractivity contribution < 1.29 is 4.57 Å². The van der Waals surface area contributed by atoms with E-state index in [0.717, 1.165) is 23.7 Å². The third-order valence-electron chi connectivity index (χ3n) is 5.33. The Morgan fingerprint density at radius 2 is 1.44 bits per heavy atom. The third-order valence-corrected chi connectivity index (χ3v) is 8.55. The summed E-state index contributed by atoms with van der Waals surface area (Å²) in [4.78, 5) is 2.34. The van der Waals surface area contributed by atoms with E-state index >= 15 is 0 Å². The lowest BCUT2D eigenvalue weighted by Crippen LogP contribution is -2.26. The molecule has 0 aromatic heterocycles. The van der Waals surface area contributed by atoms with Crippen molar-refractivity contribution in [2.75, 3.05) is 24.2 Å². The molecule has 1 atom stereocenters. The summed E-state index contributed by atoms with van der Waals surface area (Å²) in [6.45, 7) is 5.59. The molecule has 4 rings (SSSR count). The number of hydrogen-bond acceptors (Lipinski definition) is 2. The van der Waals surface area contributed by atoms with Gasteiger partial charge in [0.15, 0.2) is 0 Å². The molecular weight excluding hydrogens is 349 g/mol. The van der Waals surface area contributed by atoms with Gasteiger partial charge in [-0.1, -0.05) is 84.9 Å². The molecular formula is C24H24NOP. The minimum atomic E-state index is -2.73. The highest BCUT2D eigenvalue weighted by atomic mass is 31.2. The quantitative estimate of drug-likeness (QED) is 0.457.